The lowest BCUT2D eigenvalue weighted by atomic mass is 10.2. The number of aliphatic hydroxyl groups is 2. The molecule has 0 fully saturated rings. The van der Waals surface area contributed by atoms with Crippen molar-refractivity contribution in [1.82, 2.24) is 0 Å². The normalized spacial score (nSPS) is 10.5. The molecule has 0 aliphatic carbocycles. The third kappa shape index (κ3) is 2.72. The Morgan fingerprint density at radius 2 is 2.00 bits per heavy atom. The highest BCUT2D eigenvalue weighted by molar-refractivity contribution is 5.33. The van der Waals surface area contributed by atoms with Gasteiger partial charge >= 0.3 is 0 Å². The van der Waals surface area contributed by atoms with Gasteiger partial charge in [-0.05, 0) is 12.5 Å². The number of rotatable bonds is 4. The largest absolute Gasteiger partial charge is 0.493 e. The Balaban J connectivity index is 2.78. The molecular weight excluding hydrogens is 168 g/mol. The maximum Gasteiger partial charge on any atom is 0.182 e. The van der Waals surface area contributed by atoms with Gasteiger partial charge in [-0.25, -0.2) is 0 Å². The molecule has 0 aromatic heterocycles. The summed E-state index contributed by atoms with van der Waals surface area (Å²) in [5, 5.41) is 18.0. The van der Waals surface area contributed by atoms with Gasteiger partial charge in [-0.15, -0.1) is 0 Å². The molecule has 0 bridgehead atoms. The van der Waals surface area contributed by atoms with E-state index in [9.17, 15) is 0 Å². The number of para-hydroxylation sites is 1. The molecule has 13 heavy (non-hydrogen) atoms. The summed E-state index contributed by atoms with van der Waals surface area (Å²) in [4.78, 5) is 0. The predicted molar refractivity (Wildman–Crippen MR) is 49.4 cm³/mol. The van der Waals surface area contributed by atoms with Gasteiger partial charge in [0.2, 0.25) is 0 Å². The fourth-order valence-electron chi connectivity index (χ4n) is 1.04. The van der Waals surface area contributed by atoms with Crippen molar-refractivity contribution in [3.05, 3.63) is 29.8 Å². The molecule has 0 saturated heterocycles. The number of benzene rings is 1. The molecule has 0 spiro atoms. The van der Waals surface area contributed by atoms with Crippen molar-refractivity contribution in [3.63, 3.8) is 0 Å². The molecule has 3 heteroatoms. The first-order chi connectivity index (χ1) is 6.25. The van der Waals surface area contributed by atoms with Crippen LogP contribution in [0.5, 0.6) is 5.75 Å². The predicted octanol–water partition coefficient (Wildman–Crippen LogP) is 1.46. The quantitative estimate of drug-likeness (QED) is 0.693. The van der Waals surface area contributed by atoms with Gasteiger partial charge in [0.1, 0.15) is 5.75 Å². The topological polar surface area (TPSA) is 49.7 Å². The van der Waals surface area contributed by atoms with Crippen LogP contribution >= 0.6 is 0 Å². The maximum atomic E-state index is 8.98. The molecule has 72 valence electrons. The number of aliphatic hydroxyl groups excluding tert-OH is 1. The molecule has 0 radical (unpaired) electrons. The summed E-state index contributed by atoms with van der Waals surface area (Å²) in [5.74, 6) is 0.541. The van der Waals surface area contributed by atoms with Crippen molar-refractivity contribution in [2.75, 3.05) is 6.61 Å². The average Bonchev–Trinajstić information content (AvgIpc) is 2.15. The molecule has 0 unspecified atom stereocenters. The van der Waals surface area contributed by atoms with Gasteiger partial charge in [0.25, 0.3) is 0 Å². The van der Waals surface area contributed by atoms with Gasteiger partial charge in [0, 0.05) is 5.56 Å². The van der Waals surface area contributed by atoms with E-state index in [2.05, 4.69) is 0 Å². The van der Waals surface area contributed by atoms with E-state index in [1.165, 1.54) is 0 Å². The second kappa shape index (κ2) is 4.84. The summed E-state index contributed by atoms with van der Waals surface area (Å²) in [6.45, 7) is 2.59. The first-order valence-electron chi connectivity index (χ1n) is 4.33. The van der Waals surface area contributed by atoms with E-state index in [-0.39, 0.29) is 0 Å². The molecule has 0 heterocycles. The van der Waals surface area contributed by atoms with Crippen LogP contribution in [-0.2, 0) is 0 Å². The minimum atomic E-state index is -1.46. The summed E-state index contributed by atoms with van der Waals surface area (Å²) >= 11 is 0. The minimum absolute atomic E-state index is 0.413. The molecule has 1 aromatic carbocycles. The molecule has 0 amide bonds. The van der Waals surface area contributed by atoms with Crippen LogP contribution < -0.4 is 4.74 Å². The lowest BCUT2D eigenvalue weighted by molar-refractivity contribution is -0.0442. The zero-order valence-corrected chi connectivity index (χ0v) is 7.60. The Kier molecular flexibility index (Phi) is 3.73. The molecule has 0 aliphatic heterocycles. The Labute approximate surface area is 77.6 Å². The van der Waals surface area contributed by atoms with Crippen LogP contribution in [0.2, 0.25) is 0 Å². The van der Waals surface area contributed by atoms with Crippen molar-refractivity contribution in [1.29, 1.82) is 0 Å². The molecule has 0 saturated carbocycles. The van der Waals surface area contributed by atoms with Gasteiger partial charge in [-0.2, -0.15) is 0 Å². The van der Waals surface area contributed by atoms with Gasteiger partial charge < -0.3 is 14.9 Å². The van der Waals surface area contributed by atoms with Crippen molar-refractivity contribution in [2.45, 2.75) is 19.6 Å². The van der Waals surface area contributed by atoms with E-state index < -0.39 is 6.29 Å². The number of ether oxygens (including phenoxy) is 1. The Morgan fingerprint density at radius 3 is 2.62 bits per heavy atom. The Morgan fingerprint density at radius 1 is 1.31 bits per heavy atom. The van der Waals surface area contributed by atoms with Crippen molar-refractivity contribution >= 4 is 0 Å². The van der Waals surface area contributed by atoms with Gasteiger partial charge in [-0.3, -0.25) is 0 Å². The summed E-state index contributed by atoms with van der Waals surface area (Å²) in [5.41, 5.74) is 0.413. The van der Waals surface area contributed by atoms with E-state index in [4.69, 9.17) is 14.9 Å². The Bertz CT molecular complexity index is 258. The van der Waals surface area contributed by atoms with Crippen molar-refractivity contribution in [3.8, 4) is 5.75 Å². The van der Waals surface area contributed by atoms with Crippen molar-refractivity contribution in [2.24, 2.45) is 0 Å². The second-order valence-corrected chi connectivity index (χ2v) is 2.76. The fraction of sp³-hybridized carbons (Fsp3) is 0.400. The van der Waals surface area contributed by atoms with Crippen LogP contribution in [0.15, 0.2) is 24.3 Å². The molecule has 2 N–H and O–H groups in total. The Hall–Kier alpha value is -1.06. The molecular formula is C10H14O3. The molecule has 0 aliphatic rings. The van der Waals surface area contributed by atoms with Crippen molar-refractivity contribution < 1.29 is 14.9 Å². The molecule has 1 rings (SSSR count). The number of hydrogen-bond acceptors (Lipinski definition) is 3. The number of hydrogen-bond donors (Lipinski definition) is 2. The van der Waals surface area contributed by atoms with Crippen LogP contribution in [0.25, 0.3) is 0 Å². The maximum absolute atomic E-state index is 8.98. The zero-order valence-electron chi connectivity index (χ0n) is 7.60. The van der Waals surface area contributed by atoms with Gasteiger partial charge in [0.05, 0.1) is 6.61 Å². The van der Waals surface area contributed by atoms with E-state index in [1.807, 2.05) is 6.92 Å². The second-order valence-electron chi connectivity index (χ2n) is 2.76. The lowest BCUT2D eigenvalue weighted by Crippen LogP contribution is -2.02. The fourth-order valence-corrected chi connectivity index (χ4v) is 1.04. The third-order valence-corrected chi connectivity index (χ3v) is 1.66. The molecule has 3 nitrogen and oxygen atoms in total. The van der Waals surface area contributed by atoms with Gasteiger partial charge in [-0.1, -0.05) is 25.1 Å². The highest BCUT2D eigenvalue weighted by Gasteiger charge is 2.08. The molecule has 1 aromatic rings. The van der Waals surface area contributed by atoms with Crippen LogP contribution in [0.3, 0.4) is 0 Å². The summed E-state index contributed by atoms with van der Waals surface area (Å²) in [7, 11) is 0. The molecule has 0 atom stereocenters. The SMILES string of the molecule is CCCOc1ccccc1C(O)O. The first-order valence-corrected chi connectivity index (χ1v) is 4.33. The third-order valence-electron chi connectivity index (χ3n) is 1.66. The highest BCUT2D eigenvalue weighted by Crippen LogP contribution is 2.23. The first kappa shape index (κ1) is 10.0. The van der Waals surface area contributed by atoms with Crippen LogP contribution in [-0.4, -0.2) is 16.8 Å². The van der Waals surface area contributed by atoms with Crippen LogP contribution in [0.4, 0.5) is 0 Å². The highest BCUT2D eigenvalue weighted by atomic mass is 16.5. The monoisotopic (exact) mass is 182 g/mol. The summed E-state index contributed by atoms with van der Waals surface area (Å²) in [6.07, 6.45) is -0.566. The van der Waals surface area contributed by atoms with Gasteiger partial charge in [0.15, 0.2) is 6.29 Å². The van der Waals surface area contributed by atoms with E-state index in [0.29, 0.717) is 17.9 Å². The van der Waals surface area contributed by atoms with Crippen LogP contribution in [0, 0.1) is 0 Å². The van der Waals surface area contributed by atoms with E-state index in [1.54, 1.807) is 24.3 Å². The smallest absolute Gasteiger partial charge is 0.182 e. The lowest BCUT2D eigenvalue weighted by Gasteiger charge is -2.11. The van der Waals surface area contributed by atoms with E-state index in [0.717, 1.165) is 6.42 Å². The summed E-state index contributed by atoms with van der Waals surface area (Å²) < 4.78 is 5.33. The minimum Gasteiger partial charge on any atom is -0.493 e. The van der Waals surface area contributed by atoms with E-state index >= 15 is 0 Å². The summed E-state index contributed by atoms with van der Waals surface area (Å²) in [6, 6.07) is 6.91. The standard InChI is InChI=1S/C10H14O3/c1-2-7-13-9-6-4-3-5-8(9)10(11)12/h3-6,10-12H,2,7H2,1H3. The van der Waals surface area contributed by atoms with Crippen LogP contribution in [0.1, 0.15) is 25.2 Å². The zero-order chi connectivity index (χ0) is 9.68. The average molecular weight is 182 g/mol.